The molecule has 0 aromatic carbocycles. The average molecular weight is 281 g/mol. The molecule has 5 nitrogen and oxygen atoms in total. The maximum Gasteiger partial charge on any atom is 0.227 e. The maximum atomic E-state index is 6.10. The molecule has 19 heavy (non-hydrogen) atoms. The van der Waals surface area contributed by atoms with Gasteiger partial charge in [0.25, 0.3) is 0 Å². The molecule has 0 spiro atoms. The summed E-state index contributed by atoms with van der Waals surface area (Å²) in [6, 6.07) is 0. The van der Waals surface area contributed by atoms with E-state index in [1.54, 1.807) is 4.68 Å². The lowest BCUT2D eigenvalue weighted by molar-refractivity contribution is 0.447. The van der Waals surface area contributed by atoms with E-state index in [1.165, 1.54) is 0 Å². The first-order chi connectivity index (χ1) is 8.93. The molecule has 0 unspecified atom stereocenters. The SMILES string of the molecule is CCc1nc(Cl)c(C)c(Oc2c(C)nn(C)c2C)n1. The van der Waals surface area contributed by atoms with Crippen LogP contribution in [-0.4, -0.2) is 19.7 Å². The Hall–Kier alpha value is -1.62. The van der Waals surface area contributed by atoms with Crippen LogP contribution in [0.2, 0.25) is 5.15 Å². The van der Waals surface area contributed by atoms with Gasteiger partial charge in [0.05, 0.1) is 5.69 Å². The normalized spacial score (nSPS) is 10.8. The van der Waals surface area contributed by atoms with Gasteiger partial charge >= 0.3 is 0 Å². The topological polar surface area (TPSA) is 52.8 Å². The van der Waals surface area contributed by atoms with Crippen molar-refractivity contribution in [1.82, 2.24) is 19.7 Å². The molecular formula is C13H17ClN4O. The van der Waals surface area contributed by atoms with E-state index < -0.39 is 0 Å². The van der Waals surface area contributed by atoms with E-state index >= 15 is 0 Å². The summed E-state index contributed by atoms with van der Waals surface area (Å²) in [5, 5.41) is 4.75. The summed E-state index contributed by atoms with van der Waals surface area (Å²) in [5.74, 6) is 1.89. The van der Waals surface area contributed by atoms with Crippen molar-refractivity contribution in [2.24, 2.45) is 7.05 Å². The van der Waals surface area contributed by atoms with E-state index in [4.69, 9.17) is 16.3 Å². The number of aromatic nitrogens is 4. The van der Waals surface area contributed by atoms with Crippen molar-refractivity contribution in [1.29, 1.82) is 0 Å². The summed E-state index contributed by atoms with van der Waals surface area (Å²) in [4.78, 5) is 8.58. The highest BCUT2D eigenvalue weighted by Gasteiger charge is 2.16. The summed E-state index contributed by atoms with van der Waals surface area (Å²) in [7, 11) is 1.88. The summed E-state index contributed by atoms with van der Waals surface area (Å²) in [5.41, 5.74) is 2.51. The predicted molar refractivity (Wildman–Crippen MR) is 73.9 cm³/mol. The van der Waals surface area contributed by atoms with Crippen LogP contribution in [0.5, 0.6) is 11.6 Å². The maximum absolute atomic E-state index is 6.10. The van der Waals surface area contributed by atoms with Gasteiger partial charge in [-0.25, -0.2) is 4.98 Å². The molecule has 2 heterocycles. The molecule has 0 aliphatic rings. The zero-order valence-electron chi connectivity index (χ0n) is 11.8. The molecule has 6 heteroatoms. The third-order valence-corrected chi connectivity index (χ3v) is 3.41. The lowest BCUT2D eigenvalue weighted by Crippen LogP contribution is -2.01. The molecule has 2 rings (SSSR count). The van der Waals surface area contributed by atoms with Gasteiger partial charge in [0.15, 0.2) is 5.75 Å². The van der Waals surface area contributed by atoms with Gasteiger partial charge in [0.2, 0.25) is 5.88 Å². The smallest absolute Gasteiger partial charge is 0.227 e. The molecule has 0 saturated carbocycles. The summed E-state index contributed by atoms with van der Waals surface area (Å²) < 4.78 is 7.68. The van der Waals surface area contributed by atoms with E-state index in [0.717, 1.165) is 22.7 Å². The number of nitrogens with zero attached hydrogens (tertiary/aromatic N) is 4. The molecule has 0 saturated heterocycles. The second kappa shape index (κ2) is 5.17. The summed E-state index contributed by atoms with van der Waals surface area (Å²) >= 11 is 6.10. The van der Waals surface area contributed by atoms with E-state index in [0.29, 0.717) is 23.3 Å². The van der Waals surface area contributed by atoms with Crippen LogP contribution in [0.15, 0.2) is 0 Å². The van der Waals surface area contributed by atoms with E-state index in [9.17, 15) is 0 Å². The zero-order valence-corrected chi connectivity index (χ0v) is 12.5. The number of rotatable bonds is 3. The quantitative estimate of drug-likeness (QED) is 0.811. The Balaban J connectivity index is 2.46. The molecular weight excluding hydrogens is 264 g/mol. The molecule has 0 radical (unpaired) electrons. The molecule has 0 aliphatic heterocycles. The molecule has 102 valence electrons. The van der Waals surface area contributed by atoms with Crippen molar-refractivity contribution in [3.05, 3.63) is 27.9 Å². The fourth-order valence-corrected chi connectivity index (χ4v) is 1.95. The molecule has 0 aliphatic carbocycles. The van der Waals surface area contributed by atoms with E-state index in [-0.39, 0.29) is 0 Å². The second-order valence-corrected chi connectivity index (χ2v) is 4.80. The monoisotopic (exact) mass is 280 g/mol. The van der Waals surface area contributed by atoms with Crippen molar-refractivity contribution in [2.75, 3.05) is 0 Å². The molecule has 0 atom stereocenters. The van der Waals surface area contributed by atoms with E-state index in [1.807, 2.05) is 34.7 Å². The van der Waals surface area contributed by atoms with Crippen LogP contribution < -0.4 is 4.74 Å². The molecule has 2 aromatic rings. The minimum atomic E-state index is 0.432. The largest absolute Gasteiger partial charge is 0.435 e. The standard InChI is InChI=1S/C13H17ClN4O/c1-6-10-15-12(14)7(2)13(16-10)19-11-8(3)17-18(5)9(11)4/h6H2,1-5H3. The minimum Gasteiger partial charge on any atom is -0.435 e. The van der Waals surface area contributed by atoms with Crippen molar-refractivity contribution in [3.8, 4) is 11.6 Å². The van der Waals surface area contributed by atoms with Crippen LogP contribution in [0, 0.1) is 20.8 Å². The number of hydrogen-bond acceptors (Lipinski definition) is 4. The van der Waals surface area contributed by atoms with Gasteiger partial charge in [0, 0.05) is 19.0 Å². The van der Waals surface area contributed by atoms with Crippen LogP contribution in [0.25, 0.3) is 0 Å². The molecule has 0 fully saturated rings. The Morgan fingerprint density at radius 1 is 1.21 bits per heavy atom. The van der Waals surface area contributed by atoms with Crippen molar-refractivity contribution in [3.63, 3.8) is 0 Å². The van der Waals surface area contributed by atoms with Gasteiger partial charge < -0.3 is 4.74 Å². The average Bonchev–Trinajstić information content (AvgIpc) is 2.61. The number of aryl methyl sites for hydroxylation is 3. The fourth-order valence-electron chi connectivity index (χ4n) is 1.77. The van der Waals surface area contributed by atoms with Gasteiger partial charge in [-0.05, 0) is 20.8 Å². The summed E-state index contributed by atoms with van der Waals surface area (Å²) in [6.45, 7) is 7.68. The first kappa shape index (κ1) is 13.8. The molecule has 0 N–H and O–H groups in total. The highest BCUT2D eigenvalue weighted by Crippen LogP contribution is 2.30. The molecule has 2 aromatic heterocycles. The number of ether oxygens (including phenoxy) is 1. The lowest BCUT2D eigenvalue weighted by Gasteiger charge is -2.10. The Morgan fingerprint density at radius 2 is 1.89 bits per heavy atom. The van der Waals surface area contributed by atoms with Crippen molar-refractivity contribution in [2.45, 2.75) is 34.1 Å². The Labute approximate surface area is 117 Å². The first-order valence-electron chi connectivity index (χ1n) is 6.15. The lowest BCUT2D eigenvalue weighted by atomic mass is 10.3. The van der Waals surface area contributed by atoms with Crippen LogP contribution >= 0.6 is 11.6 Å². The Morgan fingerprint density at radius 3 is 2.42 bits per heavy atom. The first-order valence-corrected chi connectivity index (χ1v) is 6.52. The predicted octanol–water partition coefficient (Wildman–Crippen LogP) is 3.14. The van der Waals surface area contributed by atoms with Gasteiger partial charge in [-0.2, -0.15) is 10.1 Å². The third kappa shape index (κ3) is 2.56. The van der Waals surface area contributed by atoms with Crippen molar-refractivity contribution < 1.29 is 4.74 Å². The van der Waals surface area contributed by atoms with E-state index in [2.05, 4.69) is 15.1 Å². The Kier molecular flexibility index (Phi) is 3.75. The van der Waals surface area contributed by atoms with Gasteiger partial charge in [-0.1, -0.05) is 18.5 Å². The van der Waals surface area contributed by atoms with Gasteiger partial charge in [0.1, 0.15) is 16.7 Å². The Bertz CT molecular complexity index is 622. The van der Waals surface area contributed by atoms with Crippen LogP contribution in [0.4, 0.5) is 0 Å². The van der Waals surface area contributed by atoms with Crippen LogP contribution in [-0.2, 0) is 13.5 Å². The highest BCUT2D eigenvalue weighted by molar-refractivity contribution is 6.30. The second-order valence-electron chi connectivity index (χ2n) is 4.44. The summed E-state index contributed by atoms with van der Waals surface area (Å²) in [6.07, 6.45) is 0.710. The number of halogens is 1. The van der Waals surface area contributed by atoms with Gasteiger partial charge in [-0.3, -0.25) is 4.68 Å². The fraction of sp³-hybridized carbons (Fsp3) is 0.462. The number of hydrogen-bond donors (Lipinski definition) is 0. The third-order valence-electron chi connectivity index (χ3n) is 3.05. The minimum absolute atomic E-state index is 0.432. The zero-order chi connectivity index (χ0) is 14.2. The molecule has 0 bridgehead atoms. The highest BCUT2D eigenvalue weighted by atomic mass is 35.5. The van der Waals surface area contributed by atoms with Crippen molar-refractivity contribution >= 4 is 11.6 Å². The van der Waals surface area contributed by atoms with Gasteiger partial charge in [-0.15, -0.1) is 0 Å². The molecule has 0 amide bonds. The van der Waals surface area contributed by atoms with Crippen LogP contribution in [0.1, 0.15) is 29.7 Å². The van der Waals surface area contributed by atoms with Crippen LogP contribution in [0.3, 0.4) is 0 Å².